The molecule has 0 saturated carbocycles. The van der Waals surface area contributed by atoms with Crippen LogP contribution >= 0.6 is 0 Å². The van der Waals surface area contributed by atoms with Gasteiger partial charge < -0.3 is 9.67 Å². The molecule has 0 spiro atoms. The molecule has 0 aliphatic carbocycles. The summed E-state index contributed by atoms with van der Waals surface area (Å²) in [5.41, 5.74) is 3.08. The number of nitrogens with one attached hydrogen (secondary N) is 1. The first kappa shape index (κ1) is 25.6. The standard InChI is InChI=1S/C28H34N8O2/c1-3-5-9-24-18-35(26-22(19-37)10-16-34(26)15-4-2)27(38)36(24)20-28(11-13-29-14-12-28)23-8-6-7-21(17-23)25-30-32-33-31-25/h6-8,10-11,13-14,16-18,37H,3-5,9,12,15,19-20H2,1-2H3,(H,30,31,32,33). The first-order valence-electron chi connectivity index (χ1n) is 13.2. The lowest BCUT2D eigenvalue weighted by molar-refractivity contribution is 0.281. The Balaban J connectivity index is 1.63. The number of aliphatic imine (C=N–C) groups is 1. The average Bonchev–Trinajstić information content (AvgIpc) is 3.69. The fourth-order valence-electron chi connectivity index (χ4n) is 5.25. The van der Waals surface area contributed by atoms with E-state index in [9.17, 15) is 9.90 Å². The van der Waals surface area contributed by atoms with E-state index in [1.807, 2.05) is 47.6 Å². The number of aryl methyl sites for hydroxylation is 2. The van der Waals surface area contributed by atoms with Crippen LogP contribution in [0.5, 0.6) is 0 Å². The SMILES string of the molecule is CCCCc1cn(-c2c(CO)ccn2CCC)c(=O)n1CC1(c2cccc(-c3nnn[nH]3)c2)C=CN=CC1. The van der Waals surface area contributed by atoms with Crippen LogP contribution in [0.25, 0.3) is 17.2 Å². The van der Waals surface area contributed by atoms with Gasteiger partial charge in [0.25, 0.3) is 0 Å². The van der Waals surface area contributed by atoms with Crippen molar-refractivity contribution >= 4 is 6.21 Å². The summed E-state index contributed by atoms with van der Waals surface area (Å²) in [4.78, 5) is 18.5. The Bertz CT molecular complexity index is 1490. The number of tetrazole rings is 1. The van der Waals surface area contributed by atoms with E-state index in [4.69, 9.17) is 0 Å². The number of aliphatic hydroxyl groups is 1. The van der Waals surface area contributed by atoms with Crippen LogP contribution in [0.3, 0.4) is 0 Å². The number of unbranched alkanes of at least 4 members (excludes halogenated alkanes) is 1. The minimum absolute atomic E-state index is 0.104. The van der Waals surface area contributed by atoms with Gasteiger partial charge in [0.2, 0.25) is 0 Å². The lowest BCUT2D eigenvalue weighted by Gasteiger charge is -2.32. The highest BCUT2D eigenvalue weighted by atomic mass is 16.3. The normalized spacial score (nSPS) is 16.9. The largest absolute Gasteiger partial charge is 0.392 e. The molecule has 10 nitrogen and oxygen atoms in total. The Morgan fingerprint density at radius 1 is 1.18 bits per heavy atom. The van der Waals surface area contributed by atoms with Crippen molar-refractivity contribution in [1.29, 1.82) is 0 Å². The monoisotopic (exact) mass is 514 g/mol. The highest BCUT2D eigenvalue weighted by Gasteiger charge is 2.33. The smallest absolute Gasteiger partial charge is 0.334 e. The molecule has 0 bridgehead atoms. The van der Waals surface area contributed by atoms with Crippen molar-refractivity contribution in [3.8, 4) is 17.2 Å². The van der Waals surface area contributed by atoms with Crippen molar-refractivity contribution in [2.24, 2.45) is 4.99 Å². The number of imidazole rings is 1. The van der Waals surface area contributed by atoms with Gasteiger partial charge in [-0.1, -0.05) is 44.5 Å². The van der Waals surface area contributed by atoms with Crippen molar-refractivity contribution in [2.45, 2.75) is 71.1 Å². The molecule has 1 aliphatic heterocycles. The van der Waals surface area contributed by atoms with E-state index in [1.165, 1.54) is 0 Å². The minimum Gasteiger partial charge on any atom is -0.392 e. The molecule has 1 aliphatic rings. The third kappa shape index (κ3) is 4.79. The number of rotatable bonds is 11. The van der Waals surface area contributed by atoms with Gasteiger partial charge in [0, 0.05) is 60.1 Å². The van der Waals surface area contributed by atoms with E-state index in [0.717, 1.165) is 60.4 Å². The van der Waals surface area contributed by atoms with Crippen molar-refractivity contribution in [2.75, 3.05) is 0 Å². The first-order valence-corrected chi connectivity index (χ1v) is 13.2. The first-order chi connectivity index (χ1) is 18.6. The Morgan fingerprint density at radius 3 is 2.79 bits per heavy atom. The predicted octanol–water partition coefficient (Wildman–Crippen LogP) is 3.79. The molecule has 38 heavy (non-hydrogen) atoms. The molecule has 4 aromatic rings. The predicted molar refractivity (Wildman–Crippen MR) is 146 cm³/mol. The summed E-state index contributed by atoms with van der Waals surface area (Å²) >= 11 is 0. The van der Waals surface area contributed by atoms with E-state index in [-0.39, 0.29) is 12.3 Å². The second-order valence-electron chi connectivity index (χ2n) is 9.82. The zero-order valence-electron chi connectivity index (χ0n) is 21.9. The van der Waals surface area contributed by atoms with Crippen LogP contribution in [0, 0.1) is 0 Å². The fraction of sp³-hybridized carbons (Fsp3) is 0.393. The maximum Gasteiger partial charge on any atom is 0.334 e. The van der Waals surface area contributed by atoms with Gasteiger partial charge in [-0.25, -0.2) is 9.89 Å². The molecule has 3 aromatic heterocycles. The van der Waals surface area contributed by atoms with Gasteiger partial charge in [-0.15, -0.1) is 5.10 Å². The summed E-state index contributed by atoms with van der Waals surface area (Å²) in [6.07, 6.45) is 14.1. The van der Waals surface area contributed by atoms with Crippen LogP contribution in [0.4, 0.5) is 0 Å². The quantitative estimate of drug-likeness (QED) is 0.316. The highest BCUT2D eigenvalue weighted by Crippen LogP contribution is 2.35. The summed E-state index contributed by atoms with van der Waals surface area (Å²) in [7, 11) is 0. The van der Waals surface area contributed by atoms with E-state index in [1.54, 1.807) is 4.57 Å². The third-order valence-corrected chi connectivity index (χ3v) is 7.26. The second kappa shape index (κ2) is 11.1. The lowest BCUT2D eigenvalue weighted by atomic mass is 9.76. The van der Waals surface area contributed by atoms with Crippen LogP contribution in [-0.4, -0.2) is 45.6 Å². The molecule has 4 heterocycles. The molecule has 1 atom stereocenters. The Hall–Kier alpha value is -4.05. The molecular weight excluding hydrogens is 480 g/mol. The lowest BCUT2D eigenvalue weighted by Crippen LogP contribution is -2.37. The zero-order valence-corrected chi connectivity index (χ0v) is 21.9. The van der Waals surface area contributed by atoms with E-state index in [2.05, 4.69) is 62.2 Å². The summed E-state index contributed by atoms with van der Waals surface area (Å²) in [5, 5.41) is 24.4. The average molecular weight is 515 g/mol. The topological polar surface area (TPSA) is 119 Å². The molecule has 0 amide bonds. The van der Waals surface area contributed by atoms with E-state index in [0.29, 0.717) is 18.8 Å². The number of hydrogen-bond acceptors (Lipinski definition) is 6. The molecule has 10 heteroatoms. The van der Waals surface area contributed by atoms with Gasteiger partial charge in [-0.05, 0) is 53.8 Å². The summed E-state index contributed by atoms with van der Waals surface area (Å²) in [6.45, 7) is 5.36. The van der Waals surface area contributed by atoms with Crippen LogP contribution in [-0.2, 0) is 31.5 Å². The fourth-order valence-corrected chi connectivity index (χ4v) is 5.25. The number of benzene rings is 1. The highest BCUT2D eigenvalue weighted by molar-refractivity contribution is 5.65. The van der Waals surface area contributed by atoms with Crippen molar-refractivity contribution in [1.82, 2.24) is 34.3 Å². The van der Waals surface area contributed by atoms with Gasteiger partial charge >= 0.3 is 5.69 Å². The number of allylic oxidation sites excluding steroid dienone is 1. The maximum absolute atomic E-state index is 14.1. The van der Waals surface area contributed by atoms with Gasteiger partial charge in [-0.3, -0.25) is 14.1 Å². The molecule has 5 rings (SSSR count). The number of aliphatic hydroxyl groups excluding tert-OH is 1. The molecule has 0 radical (unpaired) electrons. The van der Waals surface area contributed by atoms with Crippen LogP contribution < -0.4 is 5.69 Å². The number of nitrogens with zero attached hydrogens (tertiary/aromatic N) is 7. The third-order valence-electron chi connectivity index (χ3n) is 7.26. The Morgan fingerprint density at radius 2 is 2.08 bits per heavy atom. The minimum atomic E-state index is -0.479. The van der Waals surface area contributed by atoms with Crippen LogP contribution in [0.15, 0.2) is 64.8 Å². The Labute approximate surface area is 221 Å². The van der Waals surface area contributed by atoms with Crippen molar-refractivity contribution in [3.63, 3.8) is 0 Å². The van der Waals surface area contributed by atoms with E-state index < -0.39 is 5.41 Å². The molecule has 1 unspecified atom stereocenters. The molecule has 1 aromatic carbocycles. The van der Waals surface area contributed by atoms with Crippen LogP contribution in [0.1, 0.15) is 56.4 Å². The zero-order chi connectivity index (χ0) is 26.5. The summed E-state index contributed by atoms with van der Waals surface area (Å²) in [6, 6.07) is 10.0. The van der Waals surface area contributed by atoms with Crippen molar-refractivity contribution < 1.29 is 5.11 Å². The van der Waals surface area contributed by atoms with Gasteiger partial charge in [0.05, 0.1) is 6.61 Å². The number of aromatic amines is 1. The molecule has 2 N–H and O–H groups in total. The molecule has 0 saturated heterocycles. The Kier molecular flexibility index (Phi) is 7.50. The van der Waals surface area contributed by atoms with Gasteiger partial charge in [0.15, 0.2) is 5.82 Å². The molecule has 0 fully saturated rings. The number of aromatic nitrogens is 7. The van der Waals surface area contributed by atoms with Gasteiger partial charge in [0.1, 0.15) is 5.82 Å². The number of H-pyrrole nitrogens is 1. The summed E-state index contributed by atoms with van der Waals surface area (Å²) < 4.78 is 5.68. The molecular formula is C28H34N8O2. The molecule has 198 valence electrons. The number of hydrogen-bond donors (Lipinski definition) is 2. The summed E-state index contributed by atoms with van der Waals surface area (Å²) in [5.74, 6) is 1.33. The second-order valence-corrected chi connectivity index (χ2v) is 9.82. The van der Waals surface area contributed by atoms with E-state index >= 15 is 0 Å². The maximum atomic E-state index is 14.1. The van der Waals surface area contributed by atoms with Crippen molar-refractivity contribution in [3.05, 3.63) is 82.3 Å². The van der Waals surface area contributed by atoms with Crippen LogP contribution in [0.2, 0.25) is 0 Å². The van der Waals surface area contributed by atoms with Gasteiger partial charge in [-0.2, -0.15) is 0 Å².